The molecule has 1 atom stereocenters. The van der Waals surface area contributed by atoms with Crippen molar-refractivity contribution in [3.8, 4) is 0 Å². The van der Waals surface area contributed by atoms with Crippen molar-refractivity contribution in [2.24, 2.45) is 5.92 Å². The van der Waals surface area contributed by atoms with Gasteiger partial charge in [-0.25, -0.2) is 0 Å². The summed E-state index contributed by atoms with van der Waals surface area (Å²) in [7, 11) is 1.77. The molecule has 1 unspecified atom stereocenters. The first kappa shape index (κ1) is 14.3. The molecule has 0 aromatic carbocycles. The third-order valence-electron chi connectivity index (χ3n) is 3.80. The predicted octanol–water partition coefficient (Wildman–Crippen LogP) is 3.34. The van der Waals surface area contributed by atoms with E-state index in [1.807, 2.05) is 0 Å². The van der Waals surface area contributed by atoms with Gasteiger partial charge in [-0.05, 0) is 36.8 Å². The number of rotatable bonds is 5. The molecule has 0 radical (unpaired) electrons. The van der Waals surface area contributed by atoms with Crippen LogP contribution in [0.4, 0.5) is 11.9 Å². The fraction of sp³-hybridized carbons (Fsp3) is 0.769. The van der Waals surface area contributed by atoms with Gasteiger partial charge in [0.25, 0.3) is 0 Å². The zero-order chi connectivity index (χ0) is 13.7. The topological polar surface area (TPSA) is 62.7 Å². The third kappa shape index (κ3) is 3.93. The highest BCUT2D eigenvalue weighted by molar-refractivity contribution is 6.28. The van der Waals surface area contributed by atoms with Crippen molar-refractivity contribution in [1.29, 1.82) is 0 Å². The van der Waals surface area contributed by atoms with Gasteiger partial charge in [0.15, 0.2) is 0 Å². The molecule has 0 bridgehead atoms. The molecule has 106 valence electrons. The van der Waals surface area contributed by atoms with E-state index in [1.165, 1.54) is 32.1 Å². The van der Waals surface area contributed by atoms with Crippen LogP contribution in [0.3, 0.4) is 0 Å². The monoisotopic (exact) mass is 283 g/mol. The van der Waals surface area contributed by atoms with E-state index in [9.17, 15) is 0 Å². The van der Waals surface area contributed by atoms with E-state index < -0.39 is 0 Å². The normalized spacial score (nSPS) is 18.1. The maximum atomic E-state index is 5.90. The highest BCUT2D eigenvalue weighted by Gasteiger charge is 2.23. The molecule has 1 heterocycles. The van der Waals surface area contributed by atoms with Gasteiger partial charge in [-0.3, -0.25) is 0 Å². The van der Waals surface area contributed by atoms with E-state index >= 15 is 0 Å². The second kappa shape index (κ2) is 6.89. The predicted molar refractivity (Wildman–Crippen MR) is 78.7 cm³/mol. The van der Waals surface area contributed by atoms with Gasteiger partial charge in [-0.15, -0.1) is 0 Å². The molecule has 0 saturated heterocycles. The average Bonchev–Trinajstić information content (AvgIpc) is 2.45. The van der Waals surface area contributed by atoms with Crippen LogP contribution in [-0.2, 0) is 0 Å². The molecule has 6 heteroatoms. The molecule has 0 amide bonds. The smallest absolute Gasteiger partial charge is 0.229 e. The summed E-state index contributed by atoms with van der Waals surface area (Å²) >= 11 is 5.90. The summed E-state index contributed by atoms with van der Waals surface area (Å²) in [5.74, 6) is 1.79. The molecule has 2 rings (SSSR count). The van der Waals surface area contributed by atoms with Gasteiger partial charge in [-0.2, -0.15) is 15.0 Å². The van der Waals surface area contributed by atoms with Crippen molar-refractivity contribution in [2.75, 3.05) is 17.7 Å². The van der Waals surface area contributed by atoms with Gasteiger partial charge in [-0.1, -0.05) is 26.2 Å². The Hall–Kier alpha value is -1.10. The lowest BCUT2D eigenvalue weighted by Crippen LogP contribution is -2.31. The van der Waals surface area contributed by atoms with Crippen LogP contribution in [0.25, 0.3) is 0 Å². The molecule has 1 aliphatic carbocycles. The van der Waals surface area contributed by atoms with Crippen molar-refractivity contribution in [3.05, 3.63) is 5.28 Å². The van der Waals surface area contributed by atoms with Crippen molar-refractivity contribution < 1.29 is 0 Å². The Morgan fingerprint density at radius 1 is 1.16 bits per heavy atom. The van der Waals surface area contributed by atoms with Crippen LogP contribution in [0.1, 0.15) is 45.4 Å². The first-order valence-corrected chi connectivity index (χ1v) is 7.46. The van der Waals surface area contributed by atoms with Gasteiger partial charge in [0.2, 0.25) is 17.2 Å². The minimum absolute atomic E-state index is 0.223. The Morgan fingerprint density at radius 3 is 2.47 bits per heavy atom. The molecule has 1 aromatic heterocycles. The molecule has 0 spiro atoms. The van der Waals surface area contributed by atoms with E-state index in [4.69, 9.17) is 11.6 Å². The molecule has 2 N–H and O–H groups in total. The fourth-order valence-electron chi connectivity index (χ4n) is 2.78. The zero-order valence-corrected chi connectivity index (χ0v) is 12.4. The molecule has 1 aliphatic rings. The Labute approximate surface area is 119 Å². The van der Waals surface area contributed by atoms with Crippen LogP contribution in [-0.4, -0.2) is 28.0 Å². The van der Waals surface area contributed by atoms with Gasteiger partial charge in [0.1, 0.15) is 0 Å². The van der Waals surface area contributed by atoms with Gasteiger partial charge >= 0.3 is 0 Å². The maximum absolute atomic E-state index is 5.90. The van der Waals surface area contributed by atoms with Crippen molar-refractivity contribution in [2.45, 2.75) is 51.5 Å². The highest BCUT2D eigenvalue weighted by Crippen LogP contribution is 2.29. The second-order valence-electron chi connectivity index (χ2n) is 5.06. The molecule has 19 heavy (non-hydrogen) atoms. The summed E-state index contributed by atoms with van der Waals surface area (Å²) in [6.07, 6.45) is 7.70. The first-order valence-electron chi connectivity index (χ1n) is 7.08. The lowest BCUT2D eigenvalue weighted by atomic mass is 9.83. The Balaban J connectivity index is 2.06. The molecule has 1 saturated carbocycles. The lowest BCUT2D eigenvalue weighted by Gasteiger charge is -2.30. The maximum Gasteiger partial charge on any atom is 0.229 e. The quantitative estimate of drug-likeness (QED) is 0.868. The van der Waals surface area contributed by atoms with Crippen molar-refractivity contribution in [1.82, 2.24) is 15.0 Å². The van der Waals surface area contributed by atoms with Gasteiger partial charge < -0.3 is 10.6 Å². The van der Waals surface area contributed by atoms with Crippen LogP contribution >= 0.6 is 11.6 Å². The lowest BCUT2D eigenvalue weighted by molar-refractivity contribution is 0.312. The number of anilines is 2. The van der Waals surface area contributed by atoms with Crippen LogP contribution in [0.2, 0.25) is 5.28 Å². The van der Waals surface area contributed by atoms with E-state index in [0.29, 0.717) is 23.9 Å². The van der Waals surface area contributed by atoms with E-state index in [2.05, 4.69) is 32.5 Å². The highest BCUT2D eigenvalue weighted by atomic mass is 35.5. The average molecular weight is 284 g/mol. The molecular formula is C13H22ClN5. The molecule has 5 nitrogen and oxygen atoms in total. The molecule has 1 fully saturated rings. The van der Waals surface area contributed by atoms with Crippen molar-refractivity contribution >= 4 is 23.5 Å². The standard InChI is InChI=1S/C13H22ClN5/c1-3-10(9-7-5-4-6-8-9)16-13-18-11(14)17-12(15-2)19-13/h9-10H,3-8H2,1-2H3,(H2,15,16,17,18,19). The minimum atomic E-state index is 0.223. The number of halogens is 1. The number of aromatic nitrogens is 3. The van der Waals surface area contributed by atoms with Crippen LogP contribution < -0.4 is 10.6 Å². The first-order chi connectivity index (χ1) is 9.22. The molecule has 0 aliphatic heterocycles. The number of nitrogens with one attached hydrogen (secondary N) is 2. The zero-order valence-electron chi connectivity index (χ0n) is 11.6. The van der Waals surface area contributed by atoms with Crippen LogP contribution in [0, 0.1) is 5.92 Å². The Bertz CT molecular complexity index is 406. The van der Waals surface area contributed by atoms with Crippen LogP contribution in [0.5, 0.6) is 0 Å². The third-order valence-corrected chi connectivity index (χ3v) is 3.97. The molecule has 1 aromatic rings. The summed E-state index contributed by atoms with van der Waals surface area (Å²) in [5, 5.41) is 6.54. The van der Waals surface area contributed by atoms with Crippen LogP contribution in [0.15, 0.2) is 0 Å². The summed E-state index contributed by atoms with van der Waals surface area (Å²) in [6.45, 7) is 2.20. The number of hydrogen-bond donors (Lipinski definition) is 2. The van der Waals surface area contributed by atoms with Gasteiger partial charge in [0.05, 0.1) is 0 Å². The Kier molecular flexibility index (Phi) is 5.19. The summed E-state index contributed by atoms with van der Waals surface area (Å²) < 4.78 is 0. The second-order valence-corrected chi connectivity index (χ2v) is 5.40. The minimum Gasteiger partial charge on any atom is -0.357 e. The van der Waals surface area contributed by atoms with Gasteiger partial charge in [0, 0.05) is 13.1 Å². The summed E-state index contributed by atoms with van der Waals surface area (Å²) in [4.78, 5) is 12.5. The fourth-order valence-corrected chi connectivity index (χ4v) is 2.94. The SMILES string of the molecule is CCC(Nc1nc(Cl)nc(NC)n1)C1CCCCC1. The summed E-state index contributed by atoms with van der Waals surface area (Å²) in [5.41, 5.74) is 0. The van der Waals surface area contributed by atoms with E-state index in [0.717, 1.165) is 6.42 Å². The molecular weight excluding hydrogens is 262 g/mol. The van der Waals surface area contributed by atoms with E-state index in [1.54, 1.807) is 7.05 Å². The van der Waals surface area contributed by atoms with Crippen molar-refractivity contribution in [3.63, 3.8) is 0 Å². The largest absolute Gasteiger partial charge is 0.357 e. The summed E-state index contributed by atoms with van der Waals surface area (Å²) in [6, 6.07) is 0.420. The number of hydrogen-bond acceptors (Lipinski definition) is 5. The Morgan fingerprint density at radius 2 is 1.84 bits per heavy atom. The number of nitrogens with zero attached hydrogens (tertiary/aromatic N) is 3. The van der Waals surface area contributed by atoms with E-state index in [-0.39, 0.29) is 5.28 Å².